The highest BCUT2D eigenvalue weighted by molar-refractivity contribution is 7.99. The van der Waals surface area contributed by atoms with Gasteiger partial charge in [0.2, 0.25) is 0 Å². The molecule has 0 saturated carbocycles. The van der Waals surface area contributed by atoms with E-state index in [0.29, 0.717) is 34.8 Å². The quantitative estimate of drug-likeness (QED) is 0.337. The summed E-state index contributed by atoms with van der Waals surface area (Å²) in [5.41, 5.74) is 9.88. The predicted molar refractivity (Wildman–Crippen MR) is 126 cm³/mol. The van der Waals surface area contributed by atoms with Crippen molar-refractivity contribution in [1.82, 2.24) is 9.97 Å². The van der Waals surface area contributed by atoms with Crippen LogP contribution < -0.4 is 10.5 Å². The molecular formula is C23H26ClN3O3S. The molecule has 1 heterocycles. The zero-order valence-electron chi connectivity index (χ0n) is 17.5. The number of aliphatic hydroxyl groups is 1. The molecule has 0 aliphatic heterocycles. The summed E-state index contributed by atoms with van der Waals surface area (Å²) < 4.78 is 10.8. The summed E-state index contributed by atoms with van der Waals surface area (Å²) in [4.78, 5) is 9.07. The Kier molecular flexibility index (Phi) is 8.54. The van der Waals surface area contributed by atoms with E-state index in [1.807, 2.05) is 55.5 Å². The van der Waals surface area contributed by atoms with Crippen LogP contribution in [0.25, 0.3) is 11.1 Å². The van der Waals surface area contributed by atoms with Gasteiger partial charge in [0.25, 0.3) is 0 Å². The fourth-order valence-electron chi connectivity index (χ4n) is 3.01. The molecule has 1 aromatic heterocycles. The van der Waals surface area contributed by atoms with Crippen LogP contribution in [-0.2, 0) is 17.8 Å². The van der Waals surface area contributed by atoms with Gasteiger partial charge in [-0.3, -0.25) is 0 Å². The molecule has 31 heavy (non-hydrogen) atoms. The molecule has 0 radical (unpaired) electrons. The first-order valence-corrected chi connectivity index (χ1v) is 11.3. The molecule has 0 aliphatic carbocycles. The third-order valence-corrected chi connectivity index (χ3v) is 5.85. The number of aliphatic hydroxyl groups excluding tert-OH is 1. The molecule has 0 fully saturated rings. The minimum absolute atomic E-state index is 0.220. The first-order valence-electron chi connectivity index (χ1n) is 9.94. The van der Waals surface area contributed by atoms with E-state index in [1.165, 1.54) is 11.8 Å². The van der Waals surface area contributed by atoms with Gasteiger partial charge in [0.15, 0.2) is 5.16 Å². The number of anilines is 1. The summed E-state index contributed by atoms with van der Waals surface area (Å²) in [5, 5.41) is 11.5. The number of thioether (sulfide) groups is 1. The molecule has 0 bridgehead atoms. The molecule has 0 aliphatic rings. The molecule has 1 atom stereocenters. The Morgan fingerprint density at radius 1 is 1.10 bits per heavy atom. The fourth-order valence-corrected chi connectivity index (χ4v) is 3.91. The van der Waals surface area contributed by atoms with Gasteiger partial charge in [-0.05, 0) is 41.8 Å². The second-order valence-electron chi connectivity index (χ2n) is 6.90. The van der Waals surface area contributed by atoms with E-state index in [2.05, 4.69) is 9.97 Å². The average Bonchev–Trinajstić information content (AvgIpc) is 2.78. The van der Waals surface area contributed by atoms with Crippen molar-refractivity contribution < 1.29 is 14.6 Å². The van der Waals surface area contributed by atoms with Crippen LogP contribution in [0, 0.1) is 0 Å². The van der Waals surface area contributed by atoms with Gasteiger partial charge >= 0.3 is 0 Å². The van der Waals surface area contributed by atoms with Crippen molar-refractivity contribution in [2.45, 2.75) is 31.2 Å². The number of nitrogens with two attached hydrogens (primary N) is 1. The molecule has 3 aromatic rings. The lowest BCUT2D eigenvalue weighted by Crippen LogP contribution is -2.18. The van der Waals surface area contributed by atoms with Crippen LogP contribution in [0.2, 0.25) is 5.02 Å². The number of benzene rings is 2. The van der Waals surface area contributed by atoms with Crippen molar-refractivity contribution in [3.8, 4) is 16.9 Å². The number of halogens is 1. The number of ether oxygens (including phenoxy) is 2. The van der Waals surface area contributed by atoms with Gasteiger partial charge < -0.3 is 20.3 Å². The second kappa shape index (κ2) is 11.3. The van der Waals surface area contributed by atoms with E-state index in [0.717, 1.165) is 28.1 Å². The van der Waals surface area contributed by atoms with E-state index in [1.54, 1.807) is 7.11 Å². The maximum absolute atomic E-state index is 10.3. The van der Waals surface area contributed by atoms with Crippen molar-refractivity contribution in [1.29, 1.82) is 0 Å². The van der Waals surface area contributed by atoms with Crippen LogP contribution in [0.15, 0.2) is 53.7 Å². The molecule has 3 N–H and O–H groups in total. The summed E-state index contributed by atoms with van der Waals surface area (Å²) in [6.45, 7) is 2.67. The van der Waals surface area contributed by atoms with E-state index < -0.39 is 6.10 Å². The summed E-state index contributed by atoms with van der Waals surface area (Å²) >= 11 is 7.35. The summed E-state index contributed by atoms with van der Waals surface area (Å²) in [6, 6.07) is 15.1. The molecule has 0 amide bonds. The molecule has 3 rings (SSSR count). The SMILES string of the molecule is CCc1nc(SCC(O)COCc2ccc(OC)cc2)nc(N)c1-c1ccc(Cl)cc1. The van der Waals surface area contributed by atoms with Crippen LogP contribution in [0.1, 0.15) is 18.2 Å². The molecule has 0 saturated heterocycles. The lowest BCUT2D eigenvalue weighted by Gasteiger charge is -2.14. The van der Waals surface area contributed by atoms with Crippen LogP contribution in [0.4, 0.5) is 5.82 Å². The Bertz CT molecular complexity index is 985. The summed E-state index contributed by atoms with van der Waals surface area (Å²) in [7, 11) is 1.63. The highest BCUT2D eigenvalue weighted by Gasteiger charge is 2.15. The maximum atomic E-state index is 10.3. The Balaban J connectivity index is 1.55. The van der Waals surface area contributed by atoms with Gasteiger partial charge in [-0.15, -0.1) is 0 Å². The molecule has 1 unspecified atom stereocenters. The van der Waals surface area contributed by atoms with Crippen molar-refractivity contribution in [2.24, 2.45) is 0 Å². The lowest BCUT2D eigenvalue weighted by atomic mass is 10.0. The van der Waals surface area contributed by atoms with Gasteiger partial charge in [0, 0.05) is 16.3 Å². The van der Waals surface area contributed by atoms with Gasteiger partial charge in [0.1, 0.15) is 11.6 Å². The van der Waals surface area contributed by atoms with Crippen LogP contribution in [-0.4, -0.2) is 40.6 Å². The fraction of sp³-hybridized carbons (Fsp3) is 0.304. The summed E-state index contributed by atoms with van der Waals surface area (Å²) in [5.74, 6) is 1.63. The van der Waals surface area contributed by atoms with Crippen LogP contribution >= 0.6 is 23.4 Å². The van der Waals surface area contributed by atoms with Crippen molar-refractivity contribution in [2.75, 3.05) is 25.2 Å². The van der Waals surface area contributed by atoms with Gasteiger partial charge in [0.05, 0.1) is 32.1 Å². The van der Waals surface area contributed by atoms with Crippen molar-refractivity contribution >= 4 is 29.2 Å². The molecule has 164 valence electrons. The first kappa shape index (κ1) is 23.3. The Morgan fingerprint density at radius 2 is 1.81 bits per heavy atom. The Hall–Kier alpha value is -2.32. The zero-order chi connectivity index (χ0) is 22.2. The number of aromatic nitrogens is 2. The topological polar surface area (TPSA) is 90.5 Å². The van der Waals surface area contributed by atoms with Gasteiger partial charge in [-0.25, -0.2) is 9.97 Å². The van der Waals surface area contributed by atoms with Crippen LogP contribution in [0.3, 0.4) is 0 Å². The molecule has 6 nitrogen and oxygen atoms in total. The average molecular weight is 460 g/mol. The largest absolute Gasteiger partial charge is 0.497 e. The minimum Gasteiger partial charge on any atom is -0.497 e. The monoisotopic (exact) mass is 459 g/mol. The Morgan fingerprint density at radius 3 is 2.45 bits per heavy atom. The molecule has 0 spiro atoms. The van der Waals surface area contributed by atoms with Crippen LogP contribution in [0.5, 0.6) is 5.75 Å². The lowest BCUT2D eigenvalue weighted by molar-refractivity contribution is 0.0397. The second-order valence-corrected chi connectivity index (χ2v) is 8.33. The third-order valence-electron chi connectivity index (χ3n) is 4.60. The van der Waals surface area contributed by atoms with E-state index in [9.17, 15) is 5.11 Å². The number of methoxy groups -OCH3 is 1. The smallest absolute Gasteiger partial charge is 0.189 e. The number of hydrogen-bond donors (Lipinski definition) is 2. The van der Waals surface area contributed by atoms with Gasteiger partial charge in [-0.1, -0.05) is 54.6 Å². The number of rotatable bonds is 10. The number of nitrogens with zero attached hydrogens (tertiary/aromatic N) is 2. The van der Waals surface area contributed by atoms with Crippen molar-refractivity contribution in [3.05, 3.63) is 64.8 Å². The minimum atomic E-state index is -0.644. The molecule has 8 heteroatoms. The highest BCUT2D eigenvalue weighted by Crippen LogP contribution is 2.31. The third kappa shape index (κ3) is 6.58. The standard InChI is InChI=1S/C23H26ClN3O3S/c1-3-20-21(16-6-8-17(24)9-7-16)22(25)27-23(26-20)31-14-18(28)13-30-12-15-4-10-19(29-2)11-5-15/h4-11,18,28H,3,12-14H2,1-2H3,(H2,25,26,27). The molecular weight excluding hydrogens is 434 g/mol. The molecule has 2 aromatic carbocycles. The highest BCUT2D eigenvalue weighted by atomic mass is 35.5. The summed E-state index contributed by atoms with van der Waals surface area (Å²) in [6.07, 6.45) is 0.0697. The number of hydrogen-bond acceptors (Lipinski definition) is 7. The Labute approximate surface area is 191 Å². The predicted octanol–water partition coefficient (Wildman–Crippen LogP) is 4.62. The first-order chi connectivity index (χ1) is 15.0. The van der Waals surface area contributed by atoms with Gasteiger partial charge in [-0.2, -0.15) is 0 Å². The normalized spacial score (nSPS) is 12.0. The number of aryl methyl sites for hydroxylation is 1. The van der Waals surface area contributed by atoms with E-state index in [4.69, 9.17) is 26.8 Å². The van der Waals surface area contributed by atoms with Crippen molar-refractivity contribution in [3.63, 3.8) is 0 Å². The zero-order valence-corrected chi connectivity index (χ0v) is 19.1. The number of nitrogen functional groups attached to an aromatic ring is 1. The van der Waals surface area contributed by atoms with E-state index >= 15 is 0 Å². The maximum Gasteiger partial charge on any atom is 0.189 e. The van der Waals surface area contributed by atoms with E-state index in [-0.39, 0.29) is 6.61 Å².